The molecule has 0 aliphatic carbocycles. The van der Waals surface area contributed by atoms with Gasteiger partial charge in [-0.2, -0.15) is 0 Å². The van der Waals surface area contributed by atoms with Crippen molar-refractivity contribution in [3.8, 4) is 11.5 Å². The quantitative estimate of drug-likeness (QED) is 0.0811. The molecule has 3 aliphatic heterocycles. The molecule has 6 N–H and O–H groups in total. The Hall–Kier alpha value is -3.43. The first-order valence-electron chi connectivity index (χ1n) is 24.3. The molecule has 17 nitrogen and oxygen atoms in total. The maximum atomic E-state index is 14.0. The number of allylic oxidation sites excluding steroid dienone is 3. The average Bonchev–Trinajstić information content (AvgIpc) is 3.30. The molecule has 0 spiro atoms. The lowest BCUT2D eigenvalue weighted by Gasteiger charge is -2.48. The molecule has 4 rings (SSSR count). The van der Waals surface area contributed by atoms with Gasteiger partial charge in [0.05, 0.1) is 41.5 Å². The number of ether oxygens (including phenoxy) is 8. The number of halogens is 2. The van der Waals surface area contributed by atoms with Crippen LogP contribution in [0.4, 0.5) is 0 Å². The largest absolute Gasteiger partial charge is 0.505 e. The molecule has 14 atom stereocenters. The minimum Gasteiger partial charge on any atom is -0.505 e. The monoisotopic (exact) mass is 1040 g/mol. The van der Waals surface area contributed by atoms with Crippen molar-refractivity contribution in [2.24, 2.45) is 17.8 Å². The lowest BCUT2D eigenvalue weighted by atomic mass is 9.88. The molecule has 400 valence electrons. The third kappa shape index (κ3) is 15.1. The summed E-state index contributed by atoms with van der Waals surface area (Å²) >= 11 is 12.3. The summed E-state index contributed by atoms with van der Waals surface area (Å²) in [5.74, 6) is -4.80. The molecule has 0 saturated carbocycles. The second-order valence-electron chi connectivity index (χ2n) is 19.7. The number of benzene rings is 1. The number of hydrogen-bond donors (Lipinski definition) is 6. The Bertz CT molecular complexity index is 2120. The molecule has 2 fully saturated rings. The normalized spacial score (nSPS) is 35.1. The second kappa shape index (κ2) is 26.7. The molecular formula is C52H76Cl2O17. The molecule has 2 saturated heterocycles. The maximum Gasteiger partial charge on any atom is 0.342 e. The number of cyclic esters (lactones) is 1. The van der Waals surface area contributed by atoms with E-state index in [1.54, 1.807) is 45.9 Å². The van der Waals surface area contributed by atoms with Crippen LogP contribution in [0.1, 0.15) is 118 Å². The Balaban J connectivity index is 1.57. The molecule has 14 unspecified atom stereocenters. The van der Waals surface area contributed by atoms with E-state index < -0.39 is 125 Å². The van der Waals surface area contributed by atoms with Crippen molar-refractivity contribution in [2.45, 2.75) is 187 Å². The highest BCUT2D eigenvalue weighted by Gasteiger charge is 2.52. The van der Waals surface area contributed by atoms with Crippen LogP contribution in [0.3, 0.4) is 0 Å². The fourth-order valence-corrected chi connectivity index (χ4v) is 9.44. The van der Waals surface area contributed by atoms with E-state index in [0.717, 1.165) is 5.57 Å². The van der Waals surface area contributed by atoms with Crippen LogP contribution >= 0.6 is 23.2 Å². The summed E-state index contributed by atoms with van der Waals surface area (Å²) < 4.78 is 48.2. The number of ketones is 1. The average molecular weight is 1040 g/mol. The van der Waals surface area contributed by atoms with Gasteiger partial charge in [-0.3, -0.25) is 9.59 Å². The van der Waals surface area contributed by atoms with Crippen LogP contribution in [0, 0.1) is 17.8 Å². The lowest BCUT2D eigenvalue weighted by Crippen LogP contribution is -2.64. The van der Waals surface area contributed by atoms with Gasteiger partial charge in [-0.05, 0) is 96.8 Å². The van der Waals surface area contributed by atoms with Gasteiger partial charge in [0.25, 0.3) is 0 Å². The molecule has 3 aliphatic rings. The molecule has 19 heteroatoms. The van der Waals surface area contributed by atoms with Gasteiger partial charge in [-0.1, -0.05) is 86.9 Å². The van der Waals surface area contributed by atoms with Gasteiger partial charge in [0, 0.05) is 26.1 Å². The number of phenols is 2. The Labute approximate surface area is 427 Å². The highest BCUT2D eigenvalue weighted by molar-refractivity contribution is 6.39. The molecular weight excluding hydrogens is 967 g/mol. The van der Waals surface area contributed by atoms with E-state index in [1.807, 2.05) is 46.8 Å². The number of esters is 2. The van der Waals surface area contributed by atoms with Crippen LogP contribution in [-0.2, 0) is 53.9 Å². The predicted octanol–water partition coefficient (Wildman–Crippen LogP) is 7.00. The highest BCUT2D eigenvalue weighted by atomic mass is 35.5. The van der Waals surface area contributed by atoms with Gasteiger partial charge in [0.1, 0.15) is 41.1 Å². The third-order valence-electron chi connectivity index (χ3n) is 13.1. The molecule has 1 aromatic rings. The predicted molar refractivity (Wildman–Crippen MR) is 264 cm³/mol. The van der Waals surface area contributed by atoms with Gasteiger partial charge >= 0.3 is 11.9 Å². The second-order valence-corrected chi connectivity index (χ2v) is 20.4. The van der Waals surface area contributed by atoms with Crippen molar-refractivity contribution in [1.29, 1.82) is 0 Å². The summed E-state index contributed by atoms with van der Waals surface area (Å²) in [6.45, 7) is 19.5. The minimum atomic E-state index is -1.55. The van der Waals surface area contributed by atoms with Crippen LogP contribution in [0.15, 0.2) is 47.1 Å². The summed E-state index contributed by atoms with van der Waals surface area (Å²) in [4.78, 5) is 40.5. The number of Topliss-reactive ketones (excluding diaryl/α,β-unsaturated/α-hetero) is 1. The first kappa shape index (κ1) is 60.1. The van der Waals surface area contributed by atoms with Crippen LogP contribution in [0.2, 0.25) is 10.0 Å². The van der Waals surface area contributed by atoms with Gasteiger partial charge in [0.15, 0.2) is 42.1 Å². The first-order chi connectivity index (χ1) is 33.3. The van der Waals surface area contributed by atoms with Gasteiger partial charge < -0.3 is 68.5 Å². The van der Waals surface area contributed by atoms with E-state index in [4.69, 9.17) is 61.1 Å². The maximum absolute atomic E-state index is 14.0. The number of aliphatic hydroxyl groups is 4. The molecule has 1 aromatic carbocycles. The summed E-state index contributed by atoms with van der Waals surface area (Å²) in [7, 11) is 1.28. The molecule has 0 aromatic heterocycles. The van der Waals surface area contributed by atoms with Crippen molar-refractivity contribution in [1.82, 2.24) is 0 Å². The van der Waals surface area contributed by atoms with Crippen molar-refractivity contribution in [3.63, 3.8) is 0 Å². The van der Waals surface area contributed by atoms with E-state index in [9.17, 15) is 45.0 Å². The van der Waals surface area contributed by atoms with Crippen LogP contribution < -0.4 is 0 Å². The number of methoxy groups -OCH3 is 1. The lowest BCUT2D eigenvalue weighted by molar-refractivity contribution is -0.338. The van der Waals surface area contributed by atoms with Gasteiger partial charge in [-0.25, -0.2) is 4.79 Å². The Morgan fingerprint density at radius 3 is 2.15 bits per heavy atom. The fraction of sp³-hybridized carbons (Fsp3) is 0.673. The number of hydrogen-bond acceptors (Lipinski definition) is 17. The van der Waals surface area contributed by atoms with Crippen LogP contribution in [0.25, 0.3) is 0 Å². The summed E-state index contributed by atoms with van der Waals surface area (Å²) in [5.41, 5.74) is 0.712. The summed E-state index contributed by atoms with van der Waals surface area (Å²) in [6, 6.07) is 0. The molecule has 0 radical (unpaired) electrons. The number of carbonyl (C=O) groups excluding carboxylic acids is 3. The SMILES string of the molecule is CCc1c(Cl)c(O)c(Cl)c(O)c1C(=O)OC1C(C)OC(OCC2C/C=C/CC(O)/C(C)=C/C(CC)C(OC3OC(C)(C)C(OCC(C)C)C(O)C3O)/C(C)=C/C(C)=C/CC(C(C)=O)OC2=O)C(OC)C1O. The zero-order chi connectivity index (χ0) is 53.2. The zero-order valence-electron chi connectivity index (χ0n) is 42.9. The van der Waals surface area contributed by atoms with Crippen molar-refractivity contribution in [3.05, 3.63) is 68.3 Å². The van der Waals surface area contributed by atoms with Crippen LogP contribution in [0.5, 0.6) is 11.5 Å². The fourth-order valence-electron chi connectivity index (χ4n) is 8.88. The summed E-state index contributed by atoms with van der Waals surface area (Å²) in [5, 5.41) is 65.7. The van der Waals surface area contributed by atoms with E-state index in [-0.39, 0.29) is 54.7 Å². The van der Waals surface area contributed by atoms with Crippen LogP contribution in [-0.4, -0.2) is 148 Å². The minimum absolute atomic E-state index is 0.0258. The molecule has 71 heavy (non-hydrogen) atoms. The molecule has 0 bridgehead atoms. The van der Waals surface area contributed by atoms with Crippen molar-refractivity contribution >= 4 is 40.9 Å². The van der Waals surface area contributed by atoms with E-state index >= 15 is 0 Å². The third-order valence-corrected chi connectivity index (χ3v) is 13.8. The number of carbonyl (C=O) groups is 3. The first-order valence-corrected chi connectivity index (χ1v) is 25.0. The van der Waals surface area contributed by atoms with Gasteiger partial charge in [-0.15, -0.1) is 0 Å². The van der Waals surface area contributed by atoms with Gasteiger partial charge in [0.2, 0.25) is 0 Å². The topological polar surface area (TPSA) is 246 Å². The number of rotatable bonds is 14. The van der Waals surface area contributed by atoms with E-state index in [0.29, 0.717) is 24.2 Å². The Morgan fingerprint density at radius 1 is 0.887 bits per heavy atom. The highest BCUT2D eigenvalue weighted by Crippen LogP contribution is 2.45. The zero-order valence-corrected chi connectivity index (χ0v) is 44.4. The van der Waals surface area contributed by atoms with E-state index in [1.165, 1.54) is 21.0 Å². The number of aliphatic hydroxyl groups excluding tert-OH is 4. The smallest absolute Gasteiger partial charge is 0.342 e. The summed E-state index contributed by atoms with van der Waals surface area (Å²) in [6.07, 6.45) is -4.33. The van der Waals surface area contributed by atoms with Crippen molar-refractivity contribution < 1.29 is 82.9 Å². The number of phenolic OH excluding ortho intramolecular Hbond substituents is 2. The number of aromatic hydroxyl groups is 2. The van der Waals surface area contributed by atoms with E-state index in [2.05, 4.69) is 0 Å². The Morgan fingerprint density at radius 2 is 1.55 bits per heavy atom. The molecule has 3 heterocycles. The Kier molecular flexibility index (Phi) is 22.6. The van der Waals surface area contributed by atoms with Crippen molar-refractivity contribution in [2.75, 3.05) is 20.3 Å². The standard InChI is InChI=1S/C52H76Cl2O17/c1-13-31-22-27(6)34(56)18-16-15-17-32(24-66-51-46(64-12)43(61)45(30(9)67-51)69-49(63)36-33(14-2)37(53)40(58)38(54)39(36)57)48(62)68-35(29(8)55)20-19-26(5)21-28(7)44(31)70-50-42(60)41(59)47(52(10,11)71-50)65-23-25(3)4/h15-16,19,21-22,25,30-32,34-35,41-47,50-51,56-61H,13-14,17-18,20,23-24H2,1-12H3/b16-15+,26-19+,27-22+,28-21+. The molecule has 0 amide bonds.